The second-order valence-corrected chi connectivity index (χ2v) is 8.82. The van der Waals surface area contributed by atoms with Gasteiger partial charge in [0, 0.05) is 0 Å². The number of nitrogens with two attached hydrogens (primary N) is 1. The van der Waals surface area contributed by atoms with Crippen LogP contribution in [0.3, 0.4) is 0 Å². The van der Waals surface area contributed by atoms with Crippen LogP contribution >= 0.6 is 0 Å². The van der Waals surface area contributed by atoms with Crippen molar-refractivity contribution >= 4 is 5.91 Å². The Balaban J connectivity index is 2.23. The lowest BCUT2D eigenvalue weighted by atomic mass is 9.81. The van der Waals surface area contributed by atoms with Crippen molar-refractivity contribution in [3.63, 3.8) is 0 Å². The summed E-state index contributed by atoms with van der Waals surface area (Å²) in [6, 6.07) is 7.67. The zero-order valence-corrected chi connectivity index (χ0v) is 19.3. The third kappa shape index (κ3) is 12.2. The minimum absolute atomic E-state index is 0.115. The smallest absolute Gasteiger partial charge is 0.369 e. The van der Waals surface area contributed by atoms with Gasteiger partial charge in [-0.25, -0.2) is 0 Å². The second kappa shape index (κ2) is 16.2. The summed E-state index contributed by atoms with van der Waals surface area (Å²) in [7, 11) is 0. The topological polar surface area (TPSA) is 43.1 Å². The highest BCUT2D eigenvalue weighted by atomic mass is 19.4. The Morgan fingerprint density at radius 2 is 1.19 bits per heavy atom. The molecule has 0 aliphatic rings. The molecule has 0 fully saturated rings. The van der Waals surface area contributed by atoms with Crippen molar-refractivity contribution < 1.29 is 18.0 Å². The average molecular weight is 442 g/mol. The first kappa shape index (κ1) is 27.5. The zero-order valence-electron chi connectivity index (χ0n) is 19.3. The lowest BCUT2D eigenvalue weighted by Gasteiger charge is -2.27. The number of unbranched alkanes of at least 4 members (excludes halogenated alkanes) is 13. The van der Waals surface area contributed by atoms with E-state index in [1.54, 1.807) is 18.2 Å². The van der Waals surface area contributed by atoms with Gasteiger partial charge in [-0.15, -0.1) is 0 Å². The molecule has 1 aromatic carbocycles. The van der Waals surface area contributed by atoms with E-state index in [4.69, 9.17) is 5.73 Å². The highest BCUT2D eigenvalue weighted by Crippen LogP contribution is 2.42. The summed E-state index contributed by atoms with van der Waals surface area (Å²) in [5.74, 6) is -3.89. The van der Waals surface area contributed by atoms with Crippen molar-refractivity contribution in [1.82, 2.24) is 0 Å². The fourth-order valence-electron chi connectivity index (χ4n) is 4.34. The van der Waals surface area contributed by atoms with E-state index in [9.17, 15) is 18.0 Å². The molecule has 0 saturated carbocycles. The number of halogens is 3. The van der Waals surface area contributed by atoms with E-state index in [0.717, 1.165) is 19.3 Å². The summed E-state index contributed by atoms with van der Waals surface area (Å²) >= 11 is 0. The summed E-state index contributed by atoms with van der Waals surface area (Å²) < 4.78 is 41.1. The molecular weight excluding hydrogens is 399 g/mol. The van der Waals surface area contributed by atoms with E-state index in [0.29, 0.717) is 6.42 Å². The van der Waals surface area contributed by atoms with Crippen LogP contribution in [0.1, 0.15) is 115 Å². The molecule has 0 aliphatic carbocycles. The maximum atomic E-state index is 13.7. The summed E-state index contributed by atoms with van der Waals surface area (Å²) in [5.41, 5.74) is 5.50. The number of amides is 1. The first-order valence-corrected chi connectivity index (χ1v) is 12.3. The predicted molar refractivity (Wildman–Crippen MR) is 123 cm³/mol. The molecule has 5 heteroatoms. The number of hydrogen-bond donors (Lipinski definition) is 1. The van der Waals surface area contributed by atoms with E-state index < -0.39 is 23.9 Å². The van der Waals surface area contributed by atoms with Crippen LogP contribution in [0.5, 0.6) is 0 Å². The third-order valence-corrected chi connectivity index (χ3v) is 6.15. The Labute approximate surface area is 187 Å². The van der Waals surface area contributed by atoms with Crippen molar-refractivity contribution in [1.29, 1.82) is 0 Å². The zero-order chi connectivity index (χ0) is 23.0. The largest absolute Gasteiger partial charge is 0.396 e. The van der Waals surface area contributed by atoms with Crippen LogP contribution in [-0.4, -0.2) is 12.1 Å². The van der Waals surface area contributed by atoms with Crippen LogP contribution in [0, 0.1) is 5.92 Å². The lowest BCUT2D eigenvalue weighted by molar-refractivity contribution is -0.168. The first-order valence-electron chi connectivity index (χ1n) is 12.3. The standard InChI is InChI=1S/C26H42F3NO/c1-2-3-4-5-6-7-8-9-10-11-12-13-14-18-21-23(25(30)31)24(26(27,28)29)22-19-16-15-17-20-22/h15-17,19-20,23-24H,2-14,18,21H2,1H3,(H2,30,31). The fraction of sp³-hybridized carbons (Fsp3) is 0.731. The molecule has 2 N–H and O–H groups in total. The number of rotatable bonds is 18. The van der Waals surface area contributed by atoms with E-state index in [2.05, 4.69) is 6.92 Å². The van der Waals surface area contributed by atoms with E-state index in [1.807, 2.05) is 0 Å². The van der Waals surface area contributed by atoms with Crippen molar-refractivity contribution in [2.75, 3.05) is 0 Å². The fourth-order valence-corrected chi connectivity index (χ4v) is 4.34. The average Bonchev–Trinajstić information content (AvgIpc) is 2.72. The summed E-state index contributed by atoms with van der Waals surface area (Å²) in [4.78, 5) is 11.8. The Morgan fingerprint density at radius 1 is 0.774 bits per heavy atom. The van der Waals surface area contributed by atoms with E-state index in [-0.39, 0.29) is 12.0 Å². The van der Waals surface area contributed by atoms with E-state index >= 15 is 0 Å². The molecule has 31 heavy (non-hydrogen) atoms. The minimum Gasteiger partial charge on any atom is -0.369 e. The molecule has 2 atom stereocenters. The van der Waals surface area contributed by atoms with Crippen molar-refractivity contribution in [2.45, 2.75) is 115 Å². The number of alkyl halides is 3. The maximum Gasteiger partial charge on any atom is 0.396 e. The molecule has 2 nitrogen and oxygen atoms in total. The SMILES string of the molecule is CCCCCCCCCCCCCCCCC(C(N)=O)C(c1ccccc1)C(F)(F)F. The van der Waals surface area contributed by atoms with Gasteiger partial charge in [-0.2, -0.15) is 13.2 Å². The maximum absolute atomic E-state index is 13.7. The van der Waals surface area contributed by atoms with Gasteiger partial charge in [0.1, 0.15) is 0 Å². The van der Waals surface area contributed by atoms with Gasteiger partial charge < -0.3 is 5.73 Å². The number of hydrogen-bond acceptors (Lipinski definition) is 1. The van der Waals surface area contributed by atoms with Gasteiger partial charge in [-0.1, -0.05) is 127 Å². The molecule has 0 saturated heterocycles. The van der Waals surface area contributed by atoms with Crippen LogP contribution in [-0.2, 0) is 4.79 Å². The number of carbonyl (C=O) groups excluding carboxylic acids is 1. The van der Waals surface area contributed by atoms with Gasteiger partial charge in [-0.05, 0) is 12.0 Å². The lowest BCUT2D eigenvalue weighted by Crippen LogP contribution is -2.36. The molecule has 0 aromatic heterocycles. The summed E-state index contributed by atoms with van der Waals surface area (Å²) in [6.45, 7) is 2.24. The van der Waals surface area contributed by atoms with Gasteiger partial charge in [0.05, 0.1) is 11.8 Å². The van der Waals surface area contributed by atoms with Gasteiger partial charge in [0.25, 0.3) is 0 Å². The Bertz CT molecular complexity index is 574. The second-order valence-electron chi connectivity index (χ2n) is 8.82. The molecule has 0 heterocycles. The van der Waals surface area contributed by atoms with Crippen LogP contribution in [0.15, 0.2) is 30.3 Å². The highest BCUT2D eigenvalue weighted by molar-refractivity contribution is 5.78. The van der Waals surface area contributed by atoms with Gasteiger partial charge >= 0.3 is 6.18 Å². The quantitative estimate of drug-likeness (QED) is 0.229. The summed E-state index contributed by atoms with van der Waals surface area (Å²) in [5, 5.41) is 0. The Kier molecular flexibility index (Phi) is 14.3. The molecule has 1 aromatic rings. The van der Waals surface area contributed by atoms with Crippen molar-refractivity contribution in [2.24, 2.45) is 11.7 Å². The van der Waals surface area contributed by atoms with E-state index in [1.165, 1.54) is 76.3 Å². The summed E-state index contributed by atoms with van der Waals surface area (Å²) in [6.07, 6.45) is 12.3. The first-order chi connectivity index (χ1) is 14.9. The Hall–Kier alpha value is -1.52. The molecule has 0 aliphatic heterocycles. The molecule has 178 valence electrons. The molecule has 0 spiro atoms. The number of carbonyl (C=O) groups is 1. The van der Waals surface area contributed by atoms with Crippen LogP contribution in [0.2, 0.25) is 0 Å². The van der Waals surface area contributed by atoms with Crippen molar-refractivity contribution in [3.8, 4) is 0 Å². The van der Waals surface area contributed by atoms with Crippen molar-refractivity contribution in [3.05, 3.63) is 35.9 Å². The molecule has 1 amide bonds. The molecule has 0 bridgehead atoms. The molecule has 0 radical (unpaired) electrons. The number of primary amides is 1. The Morgan fingerprint density at radius 3 is 1.58 bits per heavy atom. The van der Waals surface area contributed by atoms with Crippen LogP contribution < -0.4 is 5.73 Å². The van der Waals surface area contributed by atoms with Gasteiger partial charge in [-0.3, -0.25) is 4.79 Å². The van der Waals surface area contributed by atoms with Crippen LogP contribution in [0.4, 0.5) is 13.2 Å². The van der Waals surface area contributed by atoms with Gasteiger partial charge in [0.2, 0.25) is 5.91 Å². The third-order valence-electron chi connectivity index (χ3n) is 6.15. The minimum atomic E-state index is -4.49. The highest BCUT2D eigenvalue weighted by Gasteiger charge is 2.47. The normalized spacial score (nSPS) is 13.8. The molecular formula is C26H42F3NO. The van der Waals surface area contributed by atoms with Gasteiger partial charge in [0.15, 0.2) is 0 Å². The molecule has 2 unspecified atom stereocenters. The monoisotopic (exact) mass is 441 g/mol. The predicted octanol–water partition coefficient (Wildman–Crippen LogP) is 8.31. The number of benzene rings is 1. The van der Waals surface area contributed by atoms with Crippen LogP contribution in [0.25, 0.3) is 0 Å². The molecule has 1 rings (SSSR count).